The maximum Gasteiger partial charge on any atom is 0.246 e. The van der Waals surface area contributed by atoms with E-state index in [9.17, 15) is 9.90 Å². The lowest BCUT2D eigenvalue weighted by Gasteiger charge is -2.31. The van der Waals surface area contributed by atoms with Crippen molar-refractivity contribution < 1.29 is 14.6 Å². The Morgan fingerprint density at radius 3 is 2.49 bits per heavy atom. The van der Waals surface area contributed by atoms with E-state index >= 15 is 0 Å². The van der Waals surface area contributed by atoms with Gasteiger partial charge in [-0.3, -0.25) is 9.69 Å². The van der Waals surface area contributed by atoms with Gasteiger partial charge in [0.25, 0.3) is 0 Å². The van der Waals surface area contributed by atoms with Gasteiger partial charge in [-0.15, -0.1) is 0 Å². The minimum Gasteiger partial charge on any atom is -0.490 e. The Kier molecular flexibility index (Phi) is 8.77. The minimum atomic E-state index is -0.607. The lowest BCUT2D eigenvalue weighted by Crippen LogP contribution is -2.46. The summed E-state index contributed by atoms with van der Waals surface area (Å²) in [5, 5.41) is 13.3. The molecule has 1 fully saturated rings. The third-order valence-electron chi connectivity index (χ3n) is 7.78. The van der Waals surface area contributed by atoms with E-state index < -0.39 is 6.10 Å². The van der Waals surface area contributed by atoms with Gasteiger partial charge in [0.1, 0.15) is 18.5 Å². The molecule has 0 aliphatic carbocycles. The zero-order valence-corrected chi connectivity index (χ0v) is 23.1. The molecular formula is C33H39N3O3. The number of hydrogen-bond acceptors (Lipinski definition) is 5. The third kappa shape index (κ3) is 6.95. The summed E-state index contributed by atoms with van der Waals surface area (Å²) in [6.45, 7) is 7.71. The summed E-state index contributed by atoms with van der Waals surface area (Å²) in [7, 11) is 2.08. The van der Waals surface area contributed by atoms with Crippen molar-refractivity contribution >= 4 is 27.8 Å². The van der Waals surface area contributed by atoms with Crippen LogP contribution in [0.15, 0.2) is 78.9 Å². The van der Waals surface area contributed by atoms with E-state index in [0.717, 1.165) is 56.8 Å². The first-order valence-corrected chi connectivity index (χ1v) is 13.9. The fourth-order valence-corrected chi connectivity index (χ4v) is 5.36. The molecule has 1 amide bonds. The molecule has 0 spiro atoms. The minimum absolute atomic E-state index is 0.0386. The summed E-state index contributed by atoms with van der Waals surface area (Å²) in [6, 6.07) is 22.9. The molecule has 2 heterocycles. The fourth-order valence-electron chi connectivity index (χ4n) is 5.36. The molecule has 6 heteroatoms. The standard InChI is InChI=1S/C33H39N3O3/c1-25(21-33(38)36-19-17-34(2)18-20-36)31-9-5-6-10-32(31)39-24-30(37)23-35-15-13-27(14-16-35)29-12-11-26-7-3-4-8-28(26)22-29/h3-13,21-22,30,37H,14-20,23-24H2,1-2H3. The van der Waals surface area contributed by atoms with Crippen molar-refractivity contribution in [3.63, 3.8) is 0 Å². The highest BCUT2D eigenvalue weighted by Crippen LogP contribution is 2.27. The number of hydrogen-bond donors (Lipinski definition) is 1. The number of ether oxygens (including phenoxy) is 1. The Hall–Kier alpha value is -3.45. The van der Waals surface area contributed by atoms with Crippen molar-refractivity contribution in [2.45, 2.75) is 19.4 Å². The molecule has 0 radical (unpaired) electrons. The number of fused-ring (bicyclic) bond motifs is 1. The van der Waals surface area contributed by atoms with Gasteiger partial charge in [0.15, 0.2) is 0 Å². The van der Waals surface area contributed by atoms with E-state index in [4.69, 9.17) is 4.74 Å². The molecular weight excluding hydrogens is 486 g/mol. The van der Waals surface area contributed by atoms with Crippen LogP contribution in [0, 0.1) is 0 Å². The number of allylic oxidation sites excluding steroid dienone is 1. The van der Waals surface area contributed by atoms with Gasteiger partial charge in [-0.25, -0.2) is 0 Å². The molecule has 3 aromatic carbocycles. The smallest absolute Gasteiger partial charge is 0.246 e. The van der Waals surface area contributed by atoms with Crippen molar-refractivity contribution in [3.05, 3.63) is 90.0 Å². The predicted octanol–water partition coefficient (Wildman–Crippen LogP) is 4.55. The van der Waals surface area contributed by atoms with Crippen LogP contribution in [0.25, 0.3) is 21.9 Å². The highest BCUT2D eigenvalue weighted by atomic mass is 16.5. The molecule has 0 aromatic heterocycles. The third-order valence-corrected chi connectivity index (χ3v) is 7.78. The molecule has 5 rings (SSSR count). The van der Waals surface area contributed by atoms with E-state index in [-0.39, 0.29) is 12.5 Å². The van der Waals surface area contributed by atoms with E-state index in [0.29, 0.717) is 12.3 Å². The van der Waals surface area contributed by atoms with Crippen LogP contribution < -0.4 is 4.74 Å². The van der Waals surface area contributed by atoms with Crippen LogP contribution >= 0.6 is 0 Å². The lowest BCUT2D eigenvalue weighted by atomic mass is 9.97. The van der Waals surface area contributed by atoms with Gasteiger partial charge in [0, 0.05) is 57.5 Å². The van der Waals surface area contributed by atoms with Gasteiger partial charge in [0.05, 0.1) is 0 Å². The average molecular weight is 526 g/mol. The van der Waals surface area contributed by atoms with Crippen molar-refractivity contribution in [2.75, 3.05) is 59.5 Å². The molecule has 204 valence electrons. The number of aliphatic hydroxyl groups excluding tert-OH is 1. The van der Waals surface area contributed by atoms with Crippen molar-refractivity contribution in [3.8, 4) is 5.75 Å². The Bertz CT molecular complexity index is 1360. The van der Waals surface area contributed by atoms with Gasteiger partial charge in [-0.1, -0.05) is 60.7 Å². The molecule has 1 N–H and O–H groups in total. The maximum absolute atomic E-state index is 12.8. The first-order chi connectivity index (χ1) is 19.0. The molecule has 1 saturated heterocycles. The highest BCUT2D eigenvalue weighted by Gasteiger charge is 2.20. The predicted molar refractivity (Wildman–Crippen MR) is 159 cm³/mol. The summed E-state index contributed by atoms with van der Waals surface area (Å²) in [6.07, 6.45) is 4.34. The van der Waals surface area contributed by atoms with Crippen LogP contribution in [0.2, 0.25) is 0 Å². The van der Waals surface area contributed by atoms with Gasteiger partial charge in [0.2, 0.25) is 5.91 Å². The molecule has 39 heavy (non-hydrogen) atoms. The quantitative estimate of drug-likeness (QED) is 0.438. The van der Waals surface area contributed by atoms with Crippen LogP contribution in [0.1, 0.15) is 24.5 Å². The number of likely N-dealkylation sites (N-methyl/N-ethyl adjacent to an activating group) is 1. The van der Waals surface area contributed by atoms with Crippen LogP contribution in [0.5, 0.6) is 5.75 Å². The van der Waals surface area contributed by atoms with Crippen molar-refractivity contribution in [1.82, 2.24) is 14.7 Å². The van der Waals surface area contributed by atoms with Crippen molar-refractivity contribution in [2.24, 2.45) is 0 Å². The largest absolute Gasteiger partial charge is 0.490 e. The van der Waals surface area contributed by atoms with E-state index in [2.05, 4.69) is 65.4 Å². The molecule has 2 aliphatic heterocycles. The maximum atomic E-state index is 12.8. The molecule has 0 bridgehead atoms. The fraction of sp³-hybridized carbons (Fsp3) is 0.364. The summed E-state index contributed by atoms with van der Waals surface area (Å²) in [5.41, 5.74) is 4.40. The normalized spacial score (nSPS) is 18.2. The van der Waals surface area contributed by atoms with Crippen LogP contribution in [0.3, 0.4) is 0 Å². The Morgan fingerprint density at radius 1 is 0.974 bits per heavy atom. The molecule has 1 unspecified atom stereocenters. The molecule has 0 saturated carbocycles. The zero-order valence-electron chi connectivity index (χ0n) is 23.1. The highest BCUT2D eigenvalue weighted by molar-refractivity contribution is 5.95. The second-order valence-electron chi connectivity index (χ2n) is 10.7. The Balaban J connectivity index is 1.14. The number of para-hydroxylation sites is 1. The monoisotopic (exact) mass is 525 g/mol. The van der Waals surface area contributed by atoms with Gasteiger partial charge < -0.3 is 19.6 Å². The van der Waals surface area contributed by atoms with E-state index in [1.165, 1.54) is 21.9 Å². The SMILES string of the molecule is CC(=CC(=O)N1CCN(C)CC1)c1ccccc1OCC(O)CN1CC=C(c2ccc3ccccc3c2)CC1. The zero-order chi connectivity index (χ0) is 27.2. The number of aliphatic hydroxyl groups is 1. The second-order valence-corrected chi connectivity index (χ2v) is 10.7. The number of β-amino-alcohol motifs (C(OH)–C–C–N with tert-alkyl or cyclic N) is 1. The first-order valence-electron chi connectivity index (χ1n) is 13.9. The number of amides is 1. The van der Waals surface area contributed by atoms with Crippen LogP contribution in [0.4, 0.5) is 0 Å². The van der Waals surface area contributed by atoms with Crippen LogP contribution in [-0.4, -0.2) is 91.3 Å². The summed E-state index contributed by atoms with van der Waals surface area (Å²) < 4.78 is 6.07. The first kappa shape index (κ1) is 27.1. The van der Waals surface area contributed by atoms with Crippen molar-refractivity contribution in [1.29, 1.82) is 0 Å². The molecule has 6 nitrogen and oxygen atoms in total. The molecule has 3 aromatic rings. The van der Waals surface area contributed by atoms with E-state index in [1.54, 1.807) is 6.08 Å². The molecule has 2 aliphatic rings. The number of piperazine rings is 1. The van der Waals surface area contributed by atoms with Crippen LogP contribution in [-0.2, 0) is 4.79 Å². The second kappa shape index (κ2) is 12.6. The number of rotatable bonds is 8. The number of carbonyl (C=O) groups is 1. The average Bonchev–Trinajstić information content (AvgIpc) is 2.96. The Labute approximate surface area is 231 Å². The summed E-state index contributed by atoms with van der Waals surface area (Å²) in [4.78, 5) is 19.2. The Morgan fingerprint density at radius 2 is 1.72 bits per heavy atom. The van der Waals surface area contributed by atoms with Gasteiger partial charge in [-0.05, 0) is 60.0 Å². The van der Waals surface area contributed by atoms with Gasteiger partial charge >= 0.3 is 0 Å². The molecule has 1 atom stereocenters. The number of nitrogens with zero attached hydrogens (tertiary/aromatic N) is 3. The van der Waals surface area contributed by atoms with Gasteiger partial charge in [-0.2, -0.15) is 0 Å². The number of carbonyl (C=O) groups excluding carboxylic acids is 1. The van der Waals surface area contributed by atoms with E-state index in [1.807, 2.05) is 36.1 Å². The lowest BCUT2D eigenvalue weighted by molar-refractivity contribution is -0.127. The topological polar surface area (TPSA) is 56.3 Å². The number of benzene rings is 3. The summed E-state index contributed by atoms with van der Waals surface area (Å²) >= 11 is 0. The summed E-state index contributed by atoms with van der Waals surface area (Å²) in [5.74, 6) is 0.727.